The molecule has 0 aromatic heterocycles. The van der Waals surface area contributed by atoms with E-state index in [9.17, 15) is 9.18 Å². The molecule has 2 aromatic carbocycles. The Kier molecular flexibility index (Phi) is 6.14. The lowest BCUT2D eigenvalue weighted by atomic mass is 9.83. The zero-order valence-electron chi connectivity index (χ0n) is 17.5. The van der Waals surface area contributed by atoms with Crippen LogP contribution in [0.3, 0.4) is 0 Å². The van der Waals surface area contributed by atoms with Gasteiger partial charge in [-0.15, -0.1) is 0 Å². The molecule has 1 saturated heterocycles. The summed E-state index contributed by atoms with van der Waals surface area (Å²) in [6.07, 6.45) is 2.22. The van der Waals surface area contributed by atoms with Crippen molar-refractivity contribution in [2.75, 3.05) is 33.7 Å². The maximum absolute atomic E-state index is 13.8. The Bertz CT molecular complexity index is 925. The van der Waals surface area contributed by atoms with E-state index in [1.54, 1.807) is 25.1 Å². The third kappa shape index (κ3) is 4.25. The van der Waals surface area contributed by atoms with Gasteiger partial charge in [-0.2, -0.15) is 0 Å². The number of nitrogens with zero attached hydrogens (tertiary/aromatic N) is 2. The summed E-state index contributed by atoms with van der Waals surface area (Å²) in [5.41, 5.74) is 2.69. The number of likely N-dealkylation sites (tertiary alicyclic amines) is 1. The van der Waals surface area contributed by atoms with Crippen LogP contribution in [0.5, 0.6) is 0 Å². The van der Waals surface area contributed by atoms with Crippen molar-refractivity contribution in [3.8, 4) is 0 Å². The van der Waals surface area contributed by atoms with Crippen LogP contribution in [0.2, 0.25) is 5.02 Å². The number of hydrogen-bond acceptors (Lipinski definition) is 3. The Morgan fingerprint density at radius 3 is 2.67 bits per heavy atom. The predicted molar refractivity (Wildman–Crippen MR) is 116 cm³/mol. The van der Waals surface area contributed by atoms with Crippen molar-refractivity contribution in [1.82, 2.24) is 9.80 Å². The van der Waals surface area contributed by atoms with Crippen molar-refractivity contribution in [1.29, 1.82) is 0 Å². The number of amides is 1. The van der Waals surface area contributed by atoms with Gasteiger partial charge in [0.2, 0.25) is 5.91 Å². The number of carbonyl (C=O) groups excluding carboxylic acids is 1. The molecule has 2 aliphatic rings. The van der Waals surface area contributed by atoms with Gasteiger partial charge in [0.15, 0.2) is 0 Å². The molecule has 4 rings (SSSR count). The van der Waals surface area contributed by atoms with Crippen molar-refractivity contribution >= 4 is 17.5 Å². The Balaban J connectivity index is 1.45. The van der Waals surface area contributed by atoms with Gasteiger partial charge in [0, 0.05) is 38.8 Å². The Labute approximate surface area is 182 Å². The molecule has 30 heavy (non-hydrogen) atoms. The van der Waals surface area contributed by atoms with E-state index in [1.165, 1.54) is 6.07 Å². The quantitative estimate of drug-likeness (QED) is 0.711. The number of fused-ring (bicyclic) bond motifs is 2. The average Bonchev–Trinajstić information content (AvgIpc) is 3.07. The lowest BCUT2D eigenvalue weighted by Crippen LogP contribution is -2.46. The zero-order valence-corrected chi connectivity index (χ0v) is 18.3. The molecule has 6 heteroatoms. The van der Waals surface area contributed by atoms with Gasteiger partial charge in [-0.3, -0.25) is 4.79 Å². The van der Waals surface area contributed by atoms with Crippen molar-refractivity contribution in [3.05, 3.63) is 70.0 Å². The maximum atomic E-state index is 13.8. The largest absolute Gasteiger partial charge is 0.365 e. The number of ether oxygens (including phenoxy) is 1. The molecule has 1 spiro atoms. The molecule has 0 aliphatic carbocycles. The average molecular weight is 431 g/mol. The summed E-state index contributed by atoms with van der Waals surface area (Å²) in [7, 11) is 3.59. The number of carbonyl (C=O) groups is 1. The van der Waals surface area contributed by atoms with E-state index in [-0.39, 0.29) is 17.6 Å². The van der Waals surface area contributed by atoms with Crippen LogP contribution in [-0.4, -0.2) is 49.4 Å². The summed E-state index contributed by atoms with van der Waals surface area (Å²) in [6.45, 7) is 2.85. The van der Waals surface area contributed by atoms with Crippen LogP contribution in [0.4, 0.5) is 4.39 Å². The molecule has 1 unspecified atom stereocenters. The number of rotatable bonds is 5. The smallest absolute Gasteiger partial charge is 0.226 e. The summed E-state index contributed by atoms with van der Waals surface area (Å²) < 4.78 is 20.0. The molecule has 4 nitrogen and oxygen atoms in total. The molecule has 2 heterocycles. The van der Waals surface area contributed by atoms with E-state index in [4.69, 9.17) is 16.3 Å². The Morgan fingerprint density at radius 2 is 1.97 bits per heavy atom. The Hall–Kier alpha value is -1.95. The normalized spacial score (nSPS) is 18.9. The Morgan fingerprint density at radius 1 is 1.23 bits per heavy atom. The second-order valence-corrected chi connectivity index (χ2v) is 9.02. The monoisotopic (exact) mass is 430 g/mol. The molecule has 1 atom stereocenters. The van der Waals surface area contributed by atoms with Gasteiger partial charge in [-0.05, 0) is 54.2 Å². The number of halogens is 2. The van der Waals surface area contributed by atoms with Crippen LogP contribution in [0.15, 0.2) is 42.5 Å². The summed E-state index contributed by atoms with van der Waals surface area (Å²) in [5.74, 6) is -0.264. The fraction of sp³-hybridized carbons (Fsp3) is 0.458. The van der Waals surface area contributed by atoms with Crippen LogP contribution < -0.4 is 0 Å². The molecule has 0 N–H and O–H groups in total. The molecule has 2 aliphatic heterocycles. The molecule has 2 aromatic rings. The van der Waals surface area contributed by atoms with E-state index < -0.39 is 5.60 Å². The van der Waals surface area contributed by atoms with Crippen molar-refractivity contribution in [3.63, 3.8) is 0 Å². The van der Waals surface area contributed by atoms with Gasteiger partial charge in [0.05, 0.1) is 18.1 Å². The number of benzene rings is 2. The minimum Gasteiger partial charge on any atom is -0.365 e. The highest BCUT2D eigenvalue weighted by Gasteiger charge is 2.43. The SMILES string of the molecule is CN(C)C(=O)C(Cc1ccccc1Cl)CN1CCC2(CC1)OCc1ccc(F)cc12. The highest BCUT2D eigenvalue weighted by atomic mass is 35.5. The predicted octanol–water partition coefficient (Wildman–Crippen LogP) is 4.25. The van der Waals surface area contributed by atoms with E-state index >= 15 is 0 Å². The van der Waals surface area contributed by atoms with Crippen LogP contribution in [0.1, 0.15) is 29.5 Å². The minimum atomic E-state index is -0.391. The molecule has 0 bridgehead atoms. The topological polar surface area (TPSA) is 32.8 Å². The van der Waals surface area contributed by atoms with Crippen LogP contribution in [0.25, 0.3) is 0 Å². The second kappa shape index (κ2) is 8.66. The molecule has 1 fully saturated rings. The lowest BCUT2D eigenvalue weighted by molar-refractivity contribution is -0.134. The van der Waals surface area contributed by atoms with Crippen LogP contribution >= 0.6 is 11.6 Å². The first-order chi connectivity index (χ1) is 14.4. The third-order valence-corrected chi connectivity index (χ3v) is 6.79. The van der Waals surface area contributed by atoms with Gasteiger partial charge in [-0.1, -0.05) is 35.9 Å². The number of hydrogen-bond donors (Lipinski definition) is 0. The summed E-state index contributed by atoms with van der Waals surface area (Å²) in [4.78, 5) is 16.9. The number of piperidine rings is 1. The van der Waals surface area contributed by atoms with Crippen molar-refractivity contribution < 1.29 is 13.9 Å². The summed E-state index contributed by atoms with van der Waals surface area (Å²) in [5, 5.41) is 0.699. The molecular formula is C24H28ClFN2O2. The molecule has 160 valence electrons. The first kappa shape index (κ1) is 21.3. The van der Waals surface area contributed by atoms with Crippen LogP contribution in [0, 0.1) is 11.7 Å². The second-order valence-electron chi connectivity index (χ2n) is 8.61. The molecule has 0 radical (unpaired) electrons. The highest BCUT2D eigenvalue weighted by Crippen LogP contribution is 2.44. The van der Waals surface area contributed by atoms with Gasteiger partial charge in [0.25, 0.3) is 0 Å². The molecular weight excluding hydrogens is 403 g/mol. The first-order valence-electron chi connectivity index (χ1n) is 10.5. The van der Waals surface area contributed by atoms with E-state index in [0.717, 1.165) is 42.6 Å². The van der Waals surface area contributed by atoms with Gasteiger partial charge in [-0.25, -0.2) is 4.39 Å². The summed E-state index contributed by atoms with van der Waals surface area (Å²) >= 11 is 6.35. The third-order valence-electron chi connectivity index (χ3n) is 6.42. The zero-order chi connectivity index (χ0) is 21.3. The fourth-order valence-corrected chi connectivity index (χ4v) is 4.95. The van der Waals surface area contributed by atoms with Gasteiger partial charge in [0.1, 0.15) is 5.82 Å². The van der Waals surface area contributed by atoms with E-state index in [1.807, 2.05) is 30.3 Å². The minimum absolute atomic E-state index is 0.111. The standard InChI is InChI=1S/C24H28ClFN2O2/c1-27(2)23(29)19(13-17-5-3-4-6-22(17)25)15-28-11-9-24(10-12-28)21-14-20(26)8-7-18(21)16-30-24/h3-8,14,19H,9-13,15-16H2,1-2H3. The molecule has 0 saturated carbocycles. The highest BCUT2D eigenvalue weighted by molar-refractivity contribution is 6.31. The van der Waals surface area contributed by atoms with Gasteiger partial charge >= 0.3 is 0 Å². The van der Waals surface area contributed by atoms with Gasteiger partial charge < -0.3 is 14.5 Å². The lowest BCUT2D eigenvalue weighted by Gasteiger charge is -2.40. The first-order valence-corrected chi connectivity index (χ1v) is 10.9. The van der Waals surface area contributed by atoms with Crippen LogP contribution in [-0.2, 0) is 28.2 Å². The van der Waals surface area contributed by atoms with Crippen molar-refractivity contribution in [2.45, 2.75) is 31.5 Å². The maximum Gasteiger partial charge on any atom is 0.226 e. The van der Waals surface area contributed by atoms with E-state index in [2.05, 4.69) is 4.90 Å². The fourth-order valence-electron chi connectivity index (χ4n) is 4.74. The molecule has 1 amide bonds. The summed E-state index contributed by atoms with van der Waals surface area (Å²) in [6, 6.07) is 12.7. The van der Waals surface area contributed by atoms with Crippen molar-refractivity contribution in [2.24, 2.45) is 5.92 Å². The van der Waals surface area contributed by atoms with E-state index in [0.29, 0.717) is 24.6 Å².